The molecule has 1 atom stereocenters. The molecule has 1 amide bonds. The third-order valence-corrected chi connectivity index (χ3v) is 4.07. The monoisotopic (exact) mass is 298 g/mol. The highest BCUT2D eigenvalue weighted by molar-refractivity contribution is 5.94. The average molecular weight is 298 g/mol. The molecule has 3 rings (SSSR count). The van der Waals surface area contributed by atoms with Crippen molar-refractivity contribution in [2.24, 2.45) is 0 Å². The summed E-state index contributed by atoms with van der Waals surface area (Å²) in [7, 11) is 0. The topological polar surface area (TPSA) is 91.8 Å². The molecule has 0 radical (unpaired) electrons. The molecule has 7 heteroatoms. The Hall–Kier alpha value is -2.59. The molecule has 2 N–H and O–H groups in total. The summed E-state index contributed by atoms with van der Waals surface area (Å²) in [5.41, 5.74) is 0.929. The Morgan fingerprint density at radius 3 is 3.00 bits per heavy atom. The molecule has 22 heavy (non-hydrogen) atoms. The van der Waals surface area contributed by atoms with Gasteiger partial charge in [-0.3, -0.25) is 9.69 Å². The highest BCUT2D eigenvalue weighted by Gasteiger charge is 2.31. The fourth-order valence-corrected chi connectivity index (χ4v) is 2.87. The van der Waals surface area contributed by atoms with E-state index in [1.54, 1.807) is 24.7 Å². The first kappa shape index (κ1) is 14.4. The van der Waals surface area contributed by atoms with Crippen LogP contribution in [-0.2, 0) is 0 Å². The number of H-pyrrole nitrogens is 2. The number of piperazine rings is 1. The number of imidazole rings is 1. The third-order valence-electron chi connectivity index (χ3n) is 4.07. The van der Waals surface area contributed by atoms with E-state index in [2.05, 4.69) is 26.8 Å². The Morgan fingerprint density at radius 1 is 1.50 bits per heavy atom. The maximum absolute atomic E-state index is 12.6. The zero-order valence-corrected chi connectivity index (χ0v) is 12.4. The molecule has 1 aliphatic heterocycles. The first-order chi connectivity index (χ1) is 10.7. The van der Waals surface area contributed by atoms with Crippen LogP contribution < -0.4 is 0 Å². The molecule has 0 spiro atoms. The summed E-state index contributed by atoms with van der Waals surface area (Å²) in [6.45, 7) is 5.10. The molecule has 114 valence electrons. The summed E-state index contributed by atoms with van der Waals surface area (Å²) in [5.74, 6) is 0.830. The van der Waals surface area contributed by atoms with Crippen LogP contribution in [0.25, 0.3) is 0 Å². The maximum atomic E-state index is 12.6. The van der Waals surface area contributed by atoms with Crippen molar-refractivity contribution >= 4 is 5.91 Å². The quantitative estimate of drug-likeness (QED) is 0.888. The Kier molecular flexibility index (Phi) is 3.94. The molecule has 2 aromatic rings. The van der Waals surface area contributed by atoms with Crippen molar-refractivity contribution in [1.29, 1.82) is 5.26 Å². The number of carbonyl (C=O) groups excluding carboxylic acids is 1. The minimum absolute atomic E-state index is 0.0509. The van der Waals surface area contributed by atoms with E-state index < -0.39 is 0 Å². The summed E-state index contributed by atoms with van der Waals surface area (Å²) < 4.78 is 0. The number of hydrogen-bond acceptors (Lipinski definition) is 4. The van der Waals surface area contributed by atoms with E-state index in [0.717, 1.165) is 18.9 Å². The molecule has 1 unspecified atom stereocenters. The summed E-state index contributed by atoms with van der Waals surface area (Å²) in [5, 5.41) is 8.85. The van der Waals surface area contributed by atoms with Gasteiger partial charge in [0.05, 0.1) is 11.6 Å². The molecular weight excluding hydrogens is 280 g/mol. The molecule has 0 saturated carbocycles. The predicted octanol–water partition coefficient (Wildman–Crippen LogP) is 1.13. The Morgan fingerprint density at radius 2 is 2.36 bits per heavy atom. The normalized spacial score (nSPS) is 19.1. The lowest BCUT2D eigenvalue weighted by Gasteiger charge is -2.40. The minimum Gasteiger partial charge on any atom is -0.352 e. The second-order valence-electron chi connectivity index (χ2n) is 5.28. The molecule has 1 fully saturated rings. The predicted molar refractivity (Wildman–Crippen MR) is 80.0 cm³/mol. The van der Waals surface area contributed by atoms with Crippen LogP contribution in [0.3, 0.4) is 0 Å². The number of carbonyl (C=O) groups is 1. The van der Waals surface area contributed by atoms with Crippen LogP contribution in [0.4, 0.5) is 0 Å². The van der Waals surface area contributed by atoms with Gasteiger partial charge in [0.1, 0.15) is 17.6 Å². The van der Waals surface area contributed by atoms with Crippen LogP contribution in [0.1, 0.15) is 34.8 Å². The largest absolute Gasteiger partial charge is 0.352 e. The fraction of sp³-hybridized carbons (Fsp3) is 0.400. The van der Waals surface area contributed by atoms with E-state index in [9.17, 15) is 4.79 Å². The first-order valence-electron chi connectivity index (χ1n) is 7.34. The molecule has 0 aliphatic carbocycles. The van der Waals surface area contributed by atoms with E-state index in [0.29, 0.717) is 24.3 Å². The number of nitriles is 1. The summed E-state index contributed by atoms with van der Waals surface area (Å²) in [6.07, 6.45) is 5.12. The smallest absolute Gasteiger partial charge is 0.255 e. The number of nitrogens with zero attached hydrogens (tertiary/aromatic N) is 4. The number of aromatic amines is 2. The number of hydrogen-bond donors (Lipinski definition) is 2. The van der Waals surface area contributed by atoms with E-state index in [1.165, 1.54) is 0 Å². The zero-order valence-electron chi connectivity index (χ0n) is 12.4. The van der Waals surface area contributed by atoms with Crippen molar-refractivity contribution in [2.75, 3.05) is 26.2 Å². The van der Waals surface area contributed by atoms with Gasteiger partial charge in [-0.1, -0.05) is 6.92 Å². The van der Waals surface area contributed by atoms with Gasteiger partial charge in [0, 0.05) is 38.2 Å². The molecule has 2 aromatic heterocycles. The average Bonchev–Trinajstić information content (AvgIpc) is 3.24. The van der Waals surface area contributed by atoms with Crippen LogP contribution >= 0.6 is 0 Å². The highest BCUT2D eigenvalue weighted by atomic mass is 16.2. The first-order valence-corrected chi connectivity index (χ1v) is 7.34. The lowest BCUT2D eigenvalue weighted by molar-refractivity contribution is 0.0480. The third kappa shape index (κ3) is 2.61. The van der Waals surface area contributed by atoms with E-state index in [4.69, 9.17) is 5.26 Å². The van der Waals surface area contributed by atoms with Crippen LogP contribution in [0, 0.1) is 11.3 Å². The van der Waals surface area contributed by atoms with Crippen molar-refractivity contribution < 1.29 is 4.79 Å². The lowest BCUT2D eigenvalue weighted by atomic mass is 10.1. The molecule has 1 aliphatic rings. The molecule has 7 nitrogen and oxygen atoms in total. The maximum Gasteiger partial charge on any atom is 0.255 e. The number of rotatable bonds is 3. The van der Waals surface area contributed by atoms with E-state index in [1.807, 2.05) is 11.0 Å². The molecular formula is C15H18N6O. The van der Waals surface area contributed by atoms with Crippen molar-refractivity contribution in [3.05, 3.63) is 41.7 Å². The van der Waals surface area contributed by atoms with Gasteiger partial charge >= 0.3 is 0 Å². The Labute approximate surface area is 128 Å². The molecule has 0 bridgehead atoms. The van der Waals surface area contributed by atoms with Gasteiger partial charge in [-0.15, -0.1) is 0 Å². The summed E-state index contributed by atoms with van der Waals surface area (Å²) >= 11 is 0. The van der Waals surface area contributed by atoms with Gasteiger partial charge in [-0.25, -0.2) is 4.98 Å². The van der Waals surface area contributed by atoms with Gasteiger partial charge in [0.15, 0.2) is 0 Å². The number of amides is 1. The fourth-order valence-electron chi connectivity index (χ4n) is 2.87. The standard InChI is InChI=1S/C15H18N6O/c1-2-20-5-6-21(10-13(20)14-17-3-4-18-14)15(22)11-7-12(8-16)19-9-11/h3-4,7,9,13,19H,2,5-6,10H2,1H3,(H,17,18). The molecule has 1 saturated heterocycles. The van der Waals surface area contributed by atoms with Crippen molar-refractivity contribution in [3.63, 3.8) is 0 Å². The van der Waals surface area contributed by atoms with E-state index in [-0.39, 0.29) is 11.9 Å². The number of likely N-dealkylation sites (N-methyl/N-ethyl adjacent to an activating group) is 1. The van der Waals surface area contributed by atoms with Crippen molar-refractivity contribution in [1.82, 2.24) is 24.8 Å². The zero-order chi connectivity index (χ0) is 15.5. The second kappa shape index (κ2) is 6.03. The lowest BCUT2D eigenvalue weighted by Crippen LogP contribution is -2.50. The summed E-state index contributed by atoms with van der Waals surface area (Å²) in [6, 6.07) is 3.67. The van der Waals surface area contributed by atoms with Gasteiger partial charge in [0.2, 0.25) is 0 Å². The Bertz CT molecular complexity index is 683. The van der Waals surface area contributed by atoms with E-state index >= 15 is 0 Å². The Balaban J connectivity index is 1.78. The van der Waals surface area contributed by atoms with Crippen LogP contribution in [0.15, 0.2) is 24.7 Å². The van der Waals surface area contributed by atoms with Crippen molar-refractivity contribution in [2.45, 2.75) is 13.0 Å². The van der Waals surface area contributed by atoms with Gasteiger partial charge in [0.25, 0.3) is 5.91 Å². The van der Waals surface area contributed by atoms with Gasteiger partial charge in [-0.2, -0.15) is 5.26 Å². The number of nitrogens with one attached hydrogen (secondary N) is 2. The van der Waals surface area contributed by atoms with Gasteiger partial charge < -0.3 is 14.9 Å². The van der Waals surface area contributed by atoms with Crippen molar-refractivity contribution in [3.8, 4) is 6.07 Å². The van der Waals surface area contributed by atoms with Crippen LogP contribution in [0.5, 0.6) is 0 Å². The highest BCUT2D eigenvalue weighted by Crippen LogP contribution is 2.23. The minimum atomic E-state index is -0.0509. The second-order valence-corrected chi connectivity index (χ2v) is 5.28. The molecule has 0 aromatic carbocycles. The SMILES string of the molecule is CCN1CCN(C(=O)c2c[nH]c(C#N)c2)CC1c1ncc[nH]1. The van der Waals surface area contributed by atoms with Gasteiger partial charge in [-0.05, 0) is 12.6 Å². The number of aromatic nitrogens is 3. The molecule has 3 heterocycles. The summed E-state index contributed by atoms with van der Waals surface area (Å²) in [4.78, 5) is 27.0. The van der Waals surface area contributed by atoms with Crippen LogP contribution in [0.2, 0.25) is 0 Å². The van der Waals surface area contributed by atoms with Crippen LogP contribution in [-0.4, -0.2) is 56.8 Å².